The number of piperazine rings is 1. The first kappa shape index (κ1) is 22.8. The van der Waals surface area contributed by atoms with Crippen molar-refractivity contribution in [3.05, 3.63) is 23.8 Å². The van der Waals surface area contributed by atoms with E-state index >= 15 is 0 Å². The van der Waals surface area contributed by atoms with Gasteiger partial charge in [0.25, 0.3) is 0 Å². The molecule has 0 N–H and O–H groups in total. The fourth-order valence-corrected chi connectivity index (χ4v) is 7.33. The summed E-state index contributed by atoms with van der Waals surface area (Å²) in [6, 6.07) is 7.59. The van der Waals surface area contributed by atoms with Gasteiger partial charge in [0.2, 0.25) is 0 Å². The van der Waals surface area contributed by atoms with E-state index in [2.05, 4.69) is 32.9 Å². The smallest absolute Gasteiger partial charge is 0.0404 e. The van der Waals surface area contributed by atoms with Gasteiger partial charge in [0.15, 0.2) is 0 Å². The SMILES string of the molecule is Cl.c1cc(N2CCN(CC3CC3)CC2)c(C2CCC3(CCCC3)CC2)cc1N1CCCC1. The molecule has 0 radical (unpaired) electrons. The molecule has 178 valence electrons. The van der Waals surface area contributed by atoms with E-state index in [1.165, 1.54) is 129 Å². The minimum atomic E-state index is 0. The van der Waals surface area contributed by atoms with E-state index in [0.717, 1.165) is 17.3 Å². The first-order valence-electron chi connectivity index (χ1n) is 13.6. The molecule has 0 bridgehead atoms. The standard InChI is InChI=1S/C28H43N3.ClH/c1-2-12-28(11-1)13-9-24(10-14-28)26-21-25(30-15-3-4-16-30)7-8-27(26)31-19-17-29(18-20-31)22-23-5-6-23;/h7-8,21,23-24H,1-6,9-20,22H2;1H. The van der Waals surface area contributed by atoms with Crippen LogP contribution in [0.4, 0.5) is 11.4 Å². The van der Waals surface area contributed by atoms with Crippen LogP contribution in [0.3, 0.4) is 0 Å². The number of hydrogen-bond acceptors (Lipinski definition) is 3. The molecule has 5 fully saturated rings. The van der Waals surface area contributed by atoms with Crippen LogP contribution in [0.1, 0.15) is 88.5 Å². The van der Waals surface area contributed by atoms with E-state index in [1.54, 1.807) is 11.3 Å². The van der Waals surface area contributed by atoms with Gasteiger partial charge >= 0.3 is 0 Å². The topological polar surface area (TPSA) is 9.72 Å². The van der Waals surface area contributed by atoms with Gasteiger partial charge in [0.1, 0.15) is 0 Å². The molecular weight excluding hydrogens is 414 g/mol. The Morgan fingerprint density at radius 3 is 2.06 bits per heavy atom. The van der Waals surface area contributed by atoms with Gasteiger partial charge in [-0.2, -0.15) is 0 Å². The summed E-state index contributed by atoms with van der Waals surface area (Å²) in [7, 11) is 0. The molecule has 0 aromatic heterocycles. The Kier molecular flexibility index (Phi) is 6.95. The summed E-state index contributed by atoms with van der Waals surface area (Å²) in [5.41, 5.74) is 5.52. The minimum Gasteiger partial charge on any atom is -0.372 e. The van der Waals surface area contributed by atoms with Crippen LogP contribution in [-0.2, 0) is 0 Å². The summed E-state index contributed by atoms with van der Waals surface area (Å²) in [6.45, 7) is 8.84. The van der Waals surface area contributed by atoms with Crippen LogP contribution in [0.15, 0.2) is 18.2 Å². The monoisotopic (exact) mass is 457 g/mol. The zero-order chi connectivity index (χ0) is 20.7. The molecule has 0 amide bonds. The number of hydrogen-bond donors (Lipinski definition) is 0. The summed E-state index contributed by atoms with van der Waals surface area (Å²) >= 11 is 0. The summed E-state index contributed by atoms with van der Waals surface area (Å²) in [6.07, 6.45) is 17.5. The molecule has 1 aromatic rings. The van der Waals surface area contributed by atoms with Crippen LogP contribution in [0.5, 0.6) is 0 Å². The molecular formula is C28H44ClN3. The van der Waals surface area contributed by atoms with Crippen molar-refractivity contribution in [1.82, 2.24) is 4.90 Å². The van der Waals surface area contributed by atoms with Crippen LogP contribution >= 0.6 is 12.4 Å². The van der Waals surface area contributed by atoms with Gasteiger partial charge in [0.05, 0.1) is 0 Å². The lowest BCUT2D eigenvalue weighted by Crippen LogP contribution is -2.47. The van der Waals surface area contributed by atoms with E-state index in [0.29, 0.717) is 0 Å². The molecule has 0 atom stereocenters. The maximum atomic E-state index is 2.74. The van der Waals surface area contributed by atoms with Crippen LogP contribution < -0.4 is 9.80 Å². The molecule has 5 aliphatic rings. The number of anilines is 2. The minimum absolute atomic E-state index is 0. The highest BCUT2D eigenvalue weighted by molar-refractivity contribution is 5.85. The van der Waals surface area contributed by atoms with Gasteiger partial charge in [0, 0.05) is 57.2 Å². The lowest BCUT2D eigenvalue weighted by molar-refractivity contribution is 0.181. The normalized spacial score (nSPS) is 26.6. The second kappa shape index (κ2) is 9.74. The summed E-state index contributed by atoms with van der Waals surface area (Å²) in [4.78, 5) is 8.12. The lowest BCUT2D eigenvalue weighted by Gasteiger charge is -2.41. The predicted molar refractivity (Wildman–Crippen MR) is 139 cm³/mol. The Balaban J connectivity index is 0.00000216. The average Bonchev–Trinajstić information content (AvgIpc) is 3.26. The van der Waals surface area contributed by atoms with E-state index in [1.807, 2.05) is 0 Å². The van der Waals surface area contributed by atoms with Gasteiger partial charge in [-0.15, -0.1) is 12.4 Å². The second-order valence-electron chi connectivity index (χ2n) is 11.6. The molecule has 1 aromatic carbocycles. The Hall–Kier alpha value is -0.930. The van der Waals surface area contributed by atoms with Gasteiger partial charge in [-0.05, 0) is 105 Å². The van der Waals surface area contributed by atoms with Crippen LogP contribution in [0.25, 0.3) is 0 Å². The molecule has 3 saturated carbocycles. The third-order valence-electron chi connectivity index (χ3n) is 9.56. The largest absolute Gasteiger partial charge is 0.372 e. The summed E-state index contributed by atoms with van der Waals surface area (Å²) in [5, 5.41) is 0. The maximum absolute atomic E-state index is 2.74. The lowest BCUT2D eigenvalue weighted by atomic mass is 9.68. The third kappa shape index (κ3) is 4.80. The van der Waals surface area contributed by atoms with Gasteiger partial charge < -0.3 is 9.80 Å². The van der Waals surface area contributed by atoms with Crippen LogP contribution in [0.2, 0.25) is 0 Å². The molecule has 2 aliphatic heterocycles. The molecule has 6 rings (SSSR count). The first-order chi connectivity index (χ1) is 15.3. The zero-order valence-corrected chi connectivity index (χ0v) is 20.9. The molecule has 0 unspecified atom stereocenters. The Labute approximate surface area is 202 Å². The molecule has 3 aliphatic carbocycles. The van der Waals surface area contributed by atoms with Crippen molar-refractivity contribution in [1.29, 1.82) is 0 Å². The molecule has 32 heavy (non-hydrogen) atoms. The predicted octanol–water partition coefficient (Wildman–Crippen LogP) is 6.46. The Morgan fingerprint density at radius 1 is 0.719 bits per heavy atom. The molecule has 2 heterocycles. The van der Waals surface area contributed by atoms with Crippen molar-refractivity contribution in [2.75, 3.05) is 55.6 Å². The highest BCUT2D eigenvalue weighted by Crippen LogP contribution is 2.53. The second-order valence-corrected chi connectivity index (χ2v) is 11.6. The molecule has 2 saturated heterocycles. The van der Waals surface area contributed by atoms with E-state index < -0.39 is 0 Å². The van der Waals surface area contributed by atoms with Crippen LogP contribution in [0, 0.1) is 11.3 Å². The zero-order valence-electron chi connectivity index (χ0n) is 20.1. The van der Waals surface area contributed by atoms with Crippen molar-refractivity contribution < 1.29 is 0 Å². The van der Waals surface area contributed by atoms with E-state index in [9.17, 15) is 0 Å². The van der Waals surface area contributed by atoms with Crippen molar-refractivity contribution in [3.8, 4) is 0 Å². The van der Waals surface area contributed by atoms with Gasteiger partial charge in [-0.1, -0.05) is 12.8 Å². The van der Waals surface area contributed by atoms with Crippen molar-refractivity contribution in [3.63, 3.8) is 0 Å². The van der Waals surface area contributed by atoms with Crippen LogP contribution in [-0.4, -0.2) is 50.7 Å². The summed E-state index contributed by atoms with van der Waals surface area (Å²) < 4.78 is 0. The molecule has 4 heteroatoms. The van der Waals surface area contributed by atoms with Gasteiger partial charge in [-0.3, -0.25) is 4.90 Å². The van der Waals surface area contributed by atoms with Crippen molar-refractivity contribution >= 4 is 23.8 Å². The fourth-order valence-electron chi connectivity index (χ4n) is 7.33. The third-order valence-corrected chi connectivity index (χ3v) is 9.56. The Morgan fingerprint density at radius 2 is 1.41 bits per heavy atom. The van der Waals surface area contributed by atoms with E-state index in [4.69, 9.17) is 0 Å². The Bertz CT molecular complexity index is 746. The number of nitrogens with zero attached hydrogens (tertiary/aromatic N) is 3. The highest BCUT2D eigenvalue weighted by atomic mass is 35.5. The molecule has 1 spiro atoms. The average molecular weight is 458 g/mol. The van der Waals surface area contributed by atoms with Gasteiger partial charge in [-0.25, -0.2) is 0 Å². The quantitative estimate of drug-likeness (QED) is 0.502. The fraction of sp³-hybridized carbons (Fsp3) is 0.786. The molecule has 3 nitrogen and oxygen atoms in total. The first-order valence-corrected chi connectivity index (χ1v) is 13.6. The number of rotatable bonds is 5. The van der Waals surface area contributed by atoms with E-state index in [-0.39, 0.29) is 12.4 Å². The van der Waals surface area contributed by atoms with Crippen molar-refractivity contribution in [2.45, 2.75) is 83.0 Å². The summed E-state index contributed by atoms with van der Waals surface area (Å²) in [5.74, 6) is 1.81. The number of halogens is 1. The maximum Gasteiger partial charge on any atom is 0.0404 e. The highest BCUT2D eigenvalue weighted by Gasteiger charge is 2.38. The number of benzene rings is 1. The van der Waals surface area contributed by atoms with Crippen molar-refractivity contribution in [2.24, 2.45) is 11.3 Å².